The molecule has 0 amide bonds. The van der Waals surface area contributed by atoms with Crippen molar-refractivity contribution in [2.45, 2.75) is 12.3 Å². The molecule has 7 heteroatoms. The van der Waals surface area contributed by atoms with Crippen LogP contribution >= 0.6 is 0 Å². The molecule has 0 spiro atoms. The fourth-order valence-electron chi connectivity index (χ4n) is 1.71. The minimum Gasteiger partial charge on any atom is -0.476 e. The van der Waals surface area contributed by atoms with E-state index in [9.17, 15) is 13.2 Å². The van der Waals surface area contributed by atoms with E-state index >= 15 is 0 Å². The van der Waals surface area contributed by atoms with Gasteiger partial charge in [0, 0.05) is 5.92 Å². The summed E-state index contributed by atoms with van der Waals surface area (Å²) in [6.07, 6.45) is 1.43. The summed E-state index contributed by atoms with van der Waals surface area (Å²) < 4.78 is 27.4. The van der Waals surface area contributed by atoms with Crippen LogP contribution < -0.4 is 0 Å². The molecule has 1 N–H and O–H groups in total. The fourth-order valence-corrected chi connectivity index (χ4v) is 3.45. The topological polar surface area (TPSA) is 97.5 Å². The van der Waals surface area contributed by atoms with Gasteiger partial charge in [-0.1, -0.05) is 0 Å². The maximum Gasteiger partial charge on any atom is 0.358 e. The van der Waals surface area contributed by atoms with Crippen molar-refractivity contribution in [3.8, 4) is 0 Å². The highest BCUT2D eigenvalue weighted by Gasteiger charge is 2.34. The zero-order chi connectivity index (χ0) is 11.1. The van der Waals surface area contributed by atoms with Crippen molar-refractivity contribution in [1.29, 1.82) is 0 Å². The van der Waals surface area contributed by atoms with Crippen molar-refractivity contribution in [3.63, 3.8) is 0 Å². The lowest BCUT2D eigenvalue weighted by Gasteiger charge is -2.02. The van der Waals surface area contributed by atoms with E-state index in [2.05, 4.69) is 4.98 Å². The molecule has 1 aliphatic heterocycles. The van der Waals surface area contributed by atoms with Crippen molar-refractivity contribution in [3.05, 3.63) is 17.8 Å². The van der Waals surface area contributed by atoms with E-state index in [4.69, 9.17) is 9.52 Å². The molecule has 1 aromatic rings. The van der Waals surface area contributed by atoms with Crippen molar-refractivity contribution in [2.24, 2.45) is 0 Å². The number of nitrogens with zero attached hydrogens (tertiary/aromatic N) is 1. The lowest BCUT2D eigenvalue weighted by Crippen LogP contribution is -2.08. The summed E-state index contributed by atoms with van der Waals surface area (Å²) in [4.78, 5) is 14.3. The largest absolute Gasteiger partial charge is 0.476 e. The number of oxazole rings is 1. The van der Waals surface area contributed by atoms with Gasteiger partial charge in [0.25, 0.3) is 0 Å². The molecule has 2 heterocycles. The average molecular weight is 231 g/mol. The van der Waals surface area contributed by atoms with E-state index in [1.807, 2.05) is 0 Å². The van der Waals surface area contributed by atoms with E-state index in [0.717, 1.165) is 6.39 Å². The molecule has 82 valence electrons. The first-order valence-corrected chi connectivity index (χ1v) is 6.19. The number of aromatic nitrogens is 1. The third-order valence-electron chi connectivity index (χ3n) is 2.40. The average Bonchev–Trinajstić information content (AvgIpc) is 2.69. The standard InChI is InChI=1S/C8H9NO5S/c10-8(11)6-7(14-4-9-6)5-1-2-15(12,13)3-5/h4-5H,1-3H2,(H,10,11). The number of carboxylic acids is 1. The Bertz CT molecular complexity index is 489. The number of carbonyl (C=O) groups is 1. The van der Waals surface area contributed by atoms with Gasteiger partial charge >= 0.3 is 5.97 Å². The summed E-state index contributed by atoms with van der Waals surface area (Å²) in [5, 5.41) is 8.77. The van der Waals surface area contributed by atoms with Gasteiger partial charge in [-0.3, -0.25) is 0 Å². The molecule has 0 bridgehead atoms. The molecule has 1 aromatic heterocycles. The summed E-state index contributed by atoms with van der Waals surface area (Å²) in [6.45, 7) is 0. The first-order valence-electron chi connectivity index (χ1n) is 4.37. The third-order valence-corrected chi connectivity index (χ3v) is 4.17. The van der Waals surface area contributed by atoms with Crippen LogP contribution in [-0.2, 0) is 9.84 Å². The summed E-state index contributed by atoms with van der Waals surface area (Å²) in [7, 11) is -3.04. The minimum absolute atomic E-state index is 0.0531. The van der Waals surface area contributed by atoms with Crippen LogP contribution in [0.15, 0.2) is 10.8 Å². The highest BCUT2D eigenvalue weighted by Crippen LogP contribution is 2.30. The van der Waals surface area contributed by atoms with Crippen LogP contribution in [0.25, 0.3) is 0 Å². The molecule has 0 radical (unpaired) electrons. The molecule has 6 nitrogen and oxygen atoms in total. The van der Waals surface area contributed by atoms with Crippen LogP contribution in [0.5, 0.6) is 0 Å². The van der Waals surface area contributed by atoms with E-state index in [-0.39, 0.29) is 28.9 Å². The molecule has 0 aliphatic carbocycles. The zero-order valence-corrected chi connectivity index (χ0v) is 8.53. The Morgan fingerprint density at radius 1 is 1.60 bits per heavy atom. The Labute approximate surface area is 85.8 Å². The highest BCUT2D eigenvalue weighted by atomic mass is 32.2. The van der Waals surface area contributed by atoms with Crippen molar-refractivity contribution >= 4 is 15.8 Å². The Morgan fingerprint density at radius 2 is 2.33 bits per heavy atom. The van der Waals surface area contributed by atoms with Gasteiger partial charge < -0.3 is 9.52 Å². The van der Waals surface area contributed by atoms with E-state index in [1.54, 1.807) is 0 Å². The second-order valence-electron chi connectivity index (χ2n) is 3.47. The first kappa shape index (κ1) is 10.2. The summed E-state index contributed by atoms with van der Waals surface area (Å²) in [5.74, 6) is -1.37. The van der Waals surface area contributed by atoms with Crippen LogP contribution in [0.3, 0.4) is 0 Å². The lowest BCUT2D eigenvalue weighted by atomic mass is 10.0. The summed E-state index contributed by atoms with van der Waals surface area (Å²) in [5.41, 5.74) is -0.183. The number of carboxylic acid groups (broad SMARTS) is 1. The summed E-state index contributed by atoms with van der Waals surface area (Å²) >= 11 is 0. The molecule has 15 heavy (non-hydrogen) atoms. The molecule has 0 aromatic carbocycles. The molecule has 1 saturated heterocycles. The second kappa shape index (κ2) is 3.34. The SMILES string of the molecule is O=C(O)c1ncoc1C1CCS(=O)(=O)C1. The number of aromatic carboxylic acids is 1. The lowest BCUT2D eigenvalue weighted by molar-refractivity contribution is 0.0688. The number of rotatable bonds is 2. The van der Waals surface area contributed by atoms with Gasteiger partial charge in [0.1, 0.15) is 5.76 Å². The number of hydrogen-bond acceptors (Lipinski definition) is 5. The van der Waals surface area contributed by atoms with Crippen molar-refractivity contribution in [2.75, 3.05) is 11.5 Å². The normalized spacial score (nSPS) is 24.1. The van der Waals surface area contributed by atoms with E-state index in [0.29, 0.717) is 6.42 Å². The predicted octanol–water partition coefficient (Wildman–Crippen LogP) is 0.275. The Morgan fingerprint density at radius 3 is 2.87 bits per heavy atom. The minimum atomic E-state index is -3.04. The fraction of sp³-hybridized carbons (Fsp3) is 0.500. The predicted molar refractivity (Wildman–Crippen MR) is 49.5 cm³/mol. The smallest absolute Gasteiger partial charge is 0.358 e. The molecule has 1 atom stereocenters. The molecular formula is C8H9NO5S. The molecule has 1 unspecified atom stereocenters. The number of sulfone groups is 1. The van der Waals surface area contributed by atoms with E-state index in [1.165, 1.54) is 0 Å². The van der Waals surface area contributed by atoms with Crippen LogP contribution in [0, 0.1) is 0 Å². The van der Waals surface area contributed by atoms with Gasteiger partial charge in [-0.2, -0.15) is 0 Å². The van der Waals surface area contributed by atoms with Gasteiger partial charge in [-0.15, -0.1) is 0 Å². The van der Waals surface area contributed by atoms with Gasteiger partial charge in [0.2, 0.25) is 0 Å². The molecule has 2 rings (SSSR count). The van der Waals surface area contributed by atoms with Crippen LogP contribution in [0.1, 0.15) is 28.6 Å². The number of hydrogen-bond donors (Lipinski definition) is 1. The second-order valence-corrected chi connectivity index (χ2v) is 5.70. The molecule has 0 saturated carbocycles. The monoisotopic (exact) mass is 231 g/mol. The quantitative estimate of drug-likeness (QED) is 0.784. The van der Waals surface area contributed by atoms with Crippen molar-refractivity contribution in [1.82, 2.24) is 4.98 Å². The van der Waals surface area contributed by atoms with Crippen LogP contribution in [-0.4, -0.2) is 36.0 Å². The first-order chi connectivity index (χ1) is 6.99. The van der Waals surface area contributed by atoms with Crippen LogP contribution in [0.2, 0.25) is 0 Å². The highest BCUT2D eigenvalue weighted by molar-refractivity contribution is 7.91. The molecular weight excluding hydrogens is 222 g/mol. The van der Waals surface area contributed by atoms with Crippen LogP contribution in [0.4, 0.5) is 0 Å². The Balaban J connectivity index is 2.32. The van der Waals surface area contributed by atoms with Gasteiger partial charge in [-0.25, -0.2) is 18.2 Å². The molecule has 1 aliphatic rings. The van der Waals surface area contributed by atoms with Gasteiger partial charge in [0.15, 0.2) is 21.9 Å². The zero-order valence-electron chi connectivity index (χ0n) is 7.71. The van der Waals surface area contributed by atoms with Crippen molar-refractivity contribution < 1.29 is 22.7 Å². The maximum atomic E-state index is 11.2. The molecule has 1 fully saturated rings. The van der Waals surface area contributed by atoms with E-state index < -0.39 is 15.8 Å². The Hall–Kier alpha value is -1.37. The maximum absolute atomic E-state index is 11.2. The third kappa shape index (κ3) is 1.87. The summed E-state index contributed by atoms with van der Waals surface area (Å²) in [6, 6.07) is 0. The van der Waals surface area contributed by atoms with Gasteiger partial charge in [0.05, 0.1) is 11.5 Å². The van der Waals surface area contributed by atoms with Gasteiger partial charge in [-0.05, 0) is 6.42 Å². The Kier molecular flexibility index (Phi) is 2.26.